The lowest BCUT2D eigenvalue weighted by Gasteiger charge is -1.99. The van der Waals surface area contributed by atoms with Gasteiger partial charge >= 0.3 is 0 Å². The Morgan fingerprint density at radius 3 is 2.96 bits per heavy atom. The monoisotopic (exact) mass is 346 g/mol. The number of amides is 1. The molecule has 1 amide bonds. The fourth-order valence-corrected chi connectivity index (χ4v) is 2.94. The highest BCUT2D eigenvalue weighted by atomic mass is 35.5. The Bertz CT molecular complexity index is 903. The lowest BCUT2D eigenvalue weighted by Crippen LogP contribution is -2.18. The van der Waals surface area contributed by atoms with Gasteiger partial charge in [-0.15, -0.1) is 0 Å². The number of H-pyrrole nitrogens is 1. The molecule has 0 saturated heterocycles. The molecule has 116 valence electrons. The van der Waals surface area contributed by atoms with Crippen LogP contribution in [0.4, 0.5) is 0 Å². The van der Waals surface area contributed by atoms with E-state index in [4.69, 9.17) is 23.2 Å². The van der Waals surface area contributed by atoms with E-state index in [1.165, 1.54) is 6.21 Å². The maximum Gasteiger partial charge on any atom is 0.288 e. The summed E-state index contributed by atoms with van der Waals surface area (Å²) < 4.78 is 0. The molecule has 0 spiro atoms. The van der Waals surface area contributed by atoms with Crippen LogP contribution in [0, 0.1) is 6.92 Å². The molecule has 0 unspecified atom stereocenters. The molecule has 0 atom stereocenters. The molecular formula is C16H12Cl2N4O. The number of carbonyl (C=O) groups excluding carboxylic acids is 1. The van der Waals surface area contributed by atoms with Gasteiger partial charge in [0.15, 0.2) is 0 Å². The Labute approximate surface area is 142 Å². The van der Waals surface area contributed by atoms with E-state index in [1.54, 1.807) is 30.6 Å². The first-order valence-electron chi connectivity index (χ1n) is 6.77. The molecule has 23 heavy (non-hydrogen) atoms. The Kier molecular flexibility index (Phi) is 4.32. The van der Waals surface area contributed by atoms with Gasteiger partial charge in [-0.05, 0) is 30.7 Å². The zero-order valence-corrected chi connectivity index (χ0v) is 13.6. The van der Waals surface area contributed by atoms with Crippen molar-refractivity contribution in [2.45, 2.75) is 6.92 Å². The third-order valence-electron chi connectivity index (χ3n) is 3.36. The lowest BCUT2D eigenvalue weighted by molar-refractivity contribution is 0.0950. The van der Waals surface area contributed by atoms with E-state index in [9.17, 15) is 4.79 Å². The van der Waals surface area contributed by atoms with Gasteiger partial charge in [0, 0.05) is 33.9 Å². The zero-order chi connectivity index (χ0) is 16.4. The van der Waals surface area contributed by atoms with Crippen LogP contribution in [-0.4, -0.2) is 22.1 Å². The molecule has 1 aromatic carbocycles. The topological polar surface area (TPSA) is 70.1 Å². The Hall–Kier alpha value is -2.37. The number of aromatic amines is 1. The van der Waals surface area contributed by atoms with Gasteiger partial charge in [0.2, 0.25) is 0 Å². The molecule has 0 aliphatic carbocycles. The van der Waals surface area contributed by atoms with Gasteiger partial charge in [0.05, 0.1) is 11.2 Å². The zero-order valence-electron chi connectivity index (χ0n) is 12.1. The summed E-state index contributed by atoms with van der Waals surface area (Å²) in [6.07, 6.45) is 4.83. The Balaban J connectivity index is 1.85. The van der Waals surface area contributed by atoms with Gasteiger partial charge in [-0.2, -0.15) is 5.10 Å². The average Bonchev–Trinajstić information content (AvgIpc) is 2.85. The number of nitrogens with zero attached hydrogens (tertiary/aromatic N) is 2. The molecule has 0 aliphatic heterocycles. The van der Waals surface area contributed by atoms with Crippen molar-refractivity contribution in [3.8, 4) is 0 Å². The third kappa shape index (κ3) is 3.21. The minimum atomic E-state index is -0.356. The molecule has 3 rings (SSSR count). The van der Waals surface area contributed by atoms with Crippen molar-refractivity contribution in [2.75, 3.05) is 0 Å². The number of hydrazone groups is 1. The summed E-state index contributed by atoms with van der Waals surface area (Å²) in [7, 11) is 0. The van der Waals surface area contributed by atoms with Crippen molar-refractivity contribution in [3.63, 3.8) is 0 Å². The first-order valence-corrected chi connectivity index (χ1v) is 7.52. The lowest BCUT2D eigenvalue weighted by atomic mass is 10.1. The number of aromatic nitrogens is 2. The van der Waals surface area contributed by atoms with E-state index in [1.807, 2.05) is 13.0 Å². The maximum atomic E-state index is 12.3. The normalized spacial score (nSPS) is 11.3. The van der Waals surface area contributed by atoms with Crippen molar-refractivity contribution in [3.05, 3.63) is 63.5 Å². The summed E-state index contributed by atoms with van der Waals surface area (Å²) in [6.45, 7) is 1.82. The number of rotatable bonds is 3. The highest BCUT2D eigenvalue weighted by molar-refractivity contribution is 6.39. The standard InChI is InChI=1S/C16H12Cl2N4O/c1-9-14-12(18)5-11(17)6-13(14)21-15(9)16(23)22-20-8-10-3-2-4-19-7-10/h2-8,21H,1H3,(H,22,23)/b20-8+. The molecule has 2 aromatic heterocycles. The number of nitrogens with one attached hydrogen (secondary N) is 2. The van der Waals surface area contributed by atoms with Gasteiger partial charge in [0.1, 0.15) is 5.69 Å². The predicted molar refractivity (Wildman–Crippen MR) is 92.4 cm³/mol. The first kappa shape index (κ1) is 15.5. The minimum Gasteiger partial charge on any atom is -0.350 e. The molecular weight excluding hydrogens is 335 g/mol. The second-order valence-electron chi connectivity index (χ2n) is 4.92. The summed E-state index contributed by atoms with van der Waals surface area (Å²) in [5.74, 6) is -0.356. The number of halogens is 2. The number of hydrogen-bond acceptors (Lipinski definition) is 3. The number of fused-ring (bicyclic) bond motifs is 1. The molecule has 5 nitrogen and oxygen atoms in total. The minimum absolute atomic E-state index is 0.356. The van der Waals surface area contributed by atoms with Gasteiger partial charge in [0.25, 0.3) is 5.91 Å². The van der Waals surface area contributed by atoms with Crippen LogP contribution >= 0.6 is 23.2 Å². The molecule has 0 bridgehead atoms. The van der Waals surface area contributed by atoms with Crippen molar-refractivity contribution in [2.24, 2.45) is 5.10 Å². The molecule has 3 aromatic rings. The largest absolute Gasteiger partial charge is 0.350 e. The first-order chi connectivity index (χ1) is 11.1. The quantitative estimate of drug-likeness (QED) is 0.556. The van der Waals surface area contributed by atoms with Crippen LogP contribution in [0.3, 0.4) is 0 Å². The van der Waals surface area contributed by atoms with Gasteiger partial charge in [-0.1, -0.05) is 29.3 Å². The second-order valence-corrected chi connectivity index (χ2v) is 5.76. The summed E-state index contributed by atoms with van der Waals surface area (Å²) in [6, 6.07) is 7.00. The van der Waals surface area contributed by atoms with Crippen LogP contribution in [0.1, 0.15) is 21.6 Å². The summed E-state index contributed by atoms with van der Waals surface area (Å²) in [4.78, 5) is 19.3. The fraction of sp³-hybridized carbons (Fsp3) is 0.0625. The number of benzene rings is 1. The van der Waals surface area contributed by atoms with Crippen LogP contribution in [0.2, 0.25) is 10.0 Å². The molecule has 0 fully saturated rings. The van der Waals surface area contributed by atoms with E-state index in [2.05, 4.69) is 20.5 Å². The average molecular weight is 347 g/mol. The fourth-order valence-electron chi connectivity index (χ4n) is 2.31. The molecule has 2 heterocycles. The van der Waals surface area contributed by atoms with E-state index < -0.39 is 0 Å². The van der Waals surface area contributed by atoms with Crippen LogP contribution in [0.15, 0.2) is 41.8 Å². The smallest absolute Gasteiger partial charge is 0.288 e. The Morgan fingerprint density at radius 2 is 2.22 bits per heavy atom. The Morgan fingerprint density at radius 1 is 1.39 bits per heavy atom. The van der Waals surface area contributed by atoms with Gasteiger partial charge in [-0.3, -0.25) is 9.78 Å². The van der Waals surface area contributed by atoms with Crippen molar-refractivity contribution >= 4 is 46.2 Å². The van der Waals surface area contributed by atoms with Crippen molar-refractivity contribution in [1.29, 1.82) is 0 Å². The van der Waals surface area contributed by atoms with E-state index in [0.717, 1.165) is 16.5 Å². The number of pyridine rings is 1. The number of aryl methyl sites for hydroxylation is 1. The van der Waals surface area contributed by atoms with Gasteiger partial charge < -0.3 is 4.98 Å². The van der Waals surface area contributed by atoms with E-state index in [0.29, 0.717) is 21.3 Å². The van der Waals surface area contributed by atoms with E-state index in [-0.39, 0.29) is 5.91 Å². The molecule has 0 aliphatic rings. The number of carbonyl (C=O) groups is 1. The third-order valence-corrected chi connectivity index (χ3v) is 3.87. The molecule has 0 radical (unpaired) electrons. The van der Waals surface area contributed by atoms with Gasteiger partial charge in [-0.25, -0.2) is 5.43 Å². The molecule has 2 N–H and O–H groups in total. The summed E-state index contributed by atoms with van der Waals surface area (Å²) in [5.41, 5.74) is 5.12. The highest BCUT2D eigenvalue weighted by Crippen LogP contribution is 2.31. The van der Waals surface area contributed by atoms with Crippen molar-refractivity contribution in [1.82, 2.24) is 15.4 Å². The number of hydrogen-bond donors (Lipinski definition) is 2. The maximum absolute atomic E-state index is 12.3. The predicted octanol–water partition coefficient (Wildman–Crippen LogP) is 3.94. The SMILES string of the molecule is Cc1c(C(=O)N/N=C/c2cccnc2)[nH]c2cc(Cl)cc(Cl)c12. The van der Waals surface area contributed by atoms with Crippen LogP contribution in [0.25, 0.3) is 10.9 Å². The van der Waals surface area contributed by atoms with Crippen LogP contribution < -0.4 is 5.43 Å². The van der Waals surface area contributed by atoms with Crippen LogP contribution in [0.5, 0.6) is 0 Å². The molecule has 7 heteroatoms. The second kappa shape index (κ2) is 6.40. The van der Waals surface area contributed by atoms with E-state index >= 15 is 0 Å². The summed E-state index contributed by atoms with van der Waals surface area (Å²) >= 11 is 12.2. The van der Waals surface area contributed by atoms with Crippen LogP contribution in [-0.2, 0) is 0 Å². The molecule has 0 saturated carbocycles. The van der Waals surface area contributed by atoms with Crippen molar-refractivity contribution < 1.29 is 4.79 Å². The summed E-state index contributed by atoms with van der Waals surface area (Å²) in [5, 5.41) is 5.71. The highest BCUT2D eigenvalue weighted by Gasteiger charge is 2.16.